The molecule has 0 aromatic carbocycles. The topological polar surface area (TPSA) is 131 Å². The van der Waals surface area contributed by atoms with Gasteiger partial charge in [0.05, 0.1) is 30.2 Å². The summed E-state index contributed by atoms with van der Waals surface area (Å²) in [5.41, 5.74) is 8.41. The molecule has 2 aromatic heterocycles. The van der Waals surface area contributed by atoms with Gasteiger partial charge in [-0.3, -0.25) is 0 Å². The van der Waals surface area contributed by atoms with Crippen LogP contribution in [0, 0.1) is 0 Å². The lowest BCUT2D eigenvalue weighted by atomic mass is 10.1. The molecular weight excluding hydrogens is 456 g/mol. The summed E-state index contributed by atoms with van der Waals surface area (Å²) in [6.45, 7) is 5.97. The Labute approximate surface area is 199 Å². The van der Waals surface area contributed by atoms with E-state index < -0.39 is 10.0 Å². The fourth-order valence-electron chi connectivity index (χ4n) is 5.25. The molecule has 11 nitrogen and oxygen atoms in total. The lowest BCUT2D eigenvalue weighted by molar-refractivity contribution is 0.0981. The van der Waals surface area contributed by atoms with Crippen LogP contribution < -0.4 is 15.5 Å². The van der Waals surface area contributed by atoms with Crippen LogP contribution in [0.4, 0.5) is 17.7 Å². The fourth-order valence-corrected chi connectivity index (χ4v) is 7.14. The second-order valence-corrected chi connectivity index (χ2v) is 11.8. The van der Waals surface area contributed by atoms with E-state index >= 15 is 0 Å². The zero-order valence-corrected chi connectivity index (χ0v) is 20.1. The highest BCUT2D eigenvalue weighted by Crippen LogP contribution is 2.39. The Morgan fingerprint density at radius 3 is 2.59 bits per heavy atom. The molecule has 5 heterocycles. The molecule has 1 aliphatic carbocycles. The number of hydrogen-bond acceptors (Lipinski definition) is 10. The molecule has 2 N–H and O–H groups in total. The Hall–Kier alpha value is -2.57. The van der Waals surface area contributed by atoms with Crippen LogP contribution in [0.5, 0.6) is 0 Å². The van der Waals surface area contributed by atoms with Gasteiger partial charge in [0.25, 0.3) is 0 Å². The first-order valence-electron chi connectivity index (χ1n) is 12.0. The van der Waals surface area contributed by atoms with Gasteiger partial charge in [0, 0.05) is 55.7 Å². The number of sulfonamides is 1. The third-order valence-electron chi connectivity index (χ3n) is 7.29. The first-order chi connectivity index (χ1) is 16.4. The molecule has 2 atom stereocenters. The van der Waals surface area contributed by atoms with Gasteiger partial charge in [0.1, 0.15) is 5.82 Å². The molecule has 0 amide bonds. The van der Waals surface area contributed by atoms with E-state index in [2.05, 4.69) is 26.7 Å². The van der Waals surface area contributed by atoms with Gasteiger partial charge in [0.15, 0.2) is 0 Å². The summed E-state index contributed by atoms with van der Waals surface area (Å²) in [6.07, 6.45) is 6.59. The van der Waals surface area contributed by atoms with Crippen LogP contribution in [0.3, 0.4) is 0 Å². The number of aromatic nitrogens is 4. The van der Waals surface area contributed by atoms with Crippen LogP contribution in [-0.4, -0.2) is 89.4 Å². The van der Waals surface area contributed by atoms with E-state index in [1.165, 1.54) is 0 Å². The van der Waals surface area contributed by atoms with Crippen LogP contribution in [0.1, 0.15) is 31.7 Å². The Morgan fingerprint density at radius 2 is 1.85 bits per heavy atom. The first kappa shape index (κ1) is 21.9. The number of ether oxygens (including phenoxy) is 1. The highest BCUT2D eigenvalue weighted by molar-refractivity contribution is 7.90. The van der Waals surface area contributed by atoms with E-state index in [1.54, 1.807) is 16.7 Å². The molecule has 1 saturated carbocycles. The molecule has 6 rings (SSSR count). The molecule has 12 heteroatoms. The van der Waals surface area contributed by atoms with E-state index in [0.717, 1.165) is 54.9 Å². The number of nitrogens with two attached hydrogens (primary N) is 1. The molecule has 2 saturated heterocycles. The van der Waals surface area contributed by atoms with Crippen LogP contribution in [0.15, 0.2) is 12.4 Å². The minimum Gasteiger partial charge on any atom is -0.377 e. The average molecular weight is 487 g/mol. The summed E-state index contributed by atoms with van der Waals surface area (Å²) in [5.74, 6) is 1.78. The molecule has 0 unspecified atom stereocenters. The summed E-state index contributed by atoms with van der Waals surface area (Å²) in [6, 6.07) is 0.262. The van der Waals surface area contributed by atoms with Gasteiger partial charge in [-0.2, -0.15) is 9.29 Å². The smallest absolute Gasteiger partial charge is 0.228 e. The molecule has 3 fully saturated rings. The standard InChI is InChI=1S/C22H30N8O3S/c1-14-13-33-9-8-29(14)22-26-19(15-10-24-21(23)25-11-15)18-5-7-30(20(18)27-22)16-4-6-28(12-16)34(31,32)17-2-3-17/h10-11,14,16-17H,2-9,12-13H2,1H3,(H2,23,24,25)/t14-,16-/m0/s1. The Balaban J connectivity index is 1.37. The monoisotopic (exact) mass is 486 g/mol. The minimum absolute atomic E-state index is 0.107. The molecule has 34 heavy (non-hydrogen) atoms. The van der Waals surface area contributed by atoms with Gasteiger partial charge in [-0.1, -0.05) is 0 Å². The Bertz CT molecular complexity index is 1190. The van der Waals surface area contributed by atoms with E-state index in [-0.39, 0.29) is 23.3 Å². The largest absolute Gasteiger partial charge is 0.377 e. The fraction of sp³-hybridized carbons (Fsp3) is 0.636. The maximum atomic E-state index is 12.8. The van der Waals surface area contributed by atoms with E-state index in [1.807, 2.05) is 0 Å². The lowest BCUT2D eigenvalue weighted by Gasteiger charge is -2.34. The maximum Gasteiger partial charge on any atom is 0.228 e. The van der Waals surface area contributed by atoms with Crippen LogP contribution >= 0.6 is 0 Å². The average Bonchev–Trinajstić information content (AvgIpc) is 3.43. The summed E-state index contributed by atoms with van der Waals surface area (Å²) in [5, 5.41) is -0.175. The number of hydrogen-bond donors (Lipinski definition) is 1. The predicted octanol–water partition coefficient (Wildman–Crippen LogP) is 0.670. The summed E-state index contributed by atoms with van der Waals surface area (Å²) in [4.78, 5) is 22.8. The number of nitrogens with zero attached hydrogens (tertiary/aromatic N) is 7. The molecule has 0 bridgehead atoms. The van der Waals surface area contributed by atoms with Crippen molar-refractivity contribution in [1.29, 1.82) is 0 Å². The number of nitrogen functional groups attached to an aromatic ring is 1. The van der Waals surface area contributed by atoms with Crippen molar-refractivity contribution < 1.29 is 13.2 Å². The van der Waals surface area contributed by atoms with Gasteiger partial charge >= 0.3 is 0 Å². The molecule has 4 aliphatic rings. The highest BCUT2D eigenvalue weighted by Gasteiger charge is 2.45. The van der Waals surface area contributed by atoms with Crippen molar-refractivity contribution in [2.45, 2.75) is 49.9 Å². The molecular formula is C22H30N8O3S. The molecule has 3 aliphatic heterocycles. The number of fused-ring (bicyclic) bond motifs is 1. The summed E-state index contributed by atoms with van der Waals surface area (Å²) in [7, 11) is -3.17. The molecule has 0 radical (unpaired) electrons. The second-order valence-electron chi connectivity index (χ2n) is 9.61. The molecule has 2 aromatic rings. The highest BCUT2D eigenvalue weighted by atomic mass is 32.2. The Kier molecular flexibility index (Phi) is 5.34. The van der Waals surface area contributed by atoms with Crippen molar-refractivity contribution >= 4 is 27.7 Å². The predicted molar refractivity (Wildman–Crippen MR) is 128 cm³/mol. The second kappa shape index (κ2) is 8.28. The van der Waals surface area contributed by atoms with Gasteiger partial charge in [-0.25, -0.2) is 23.4 Å². The first-order valence-corrected chi connectivity index (χ1v) is 13.5. The molecule has 0 spiro atoms. The van der Waals surface area contributed by atoms with Gasteiger partial charge < -0.3 is 20.3 Å². The zero-order chi connectivity index (χ0) is 23.4. The summed E-state index contributed by atoms with van der Waals surface area (Å²) < 4.78 is 32.9. The lowest BCUT2D eigenvalue weighted by Crippen LogP contribution is -2.45. The Morgan fingerprint density at radius 1 is 1.06 bits per heavy atom. The van der Waals surface area contributed by atoms with Crippen molar-refractivity contribution in [2.75, 3.05) is 54.9 Å². The quantitative estimate of drug-likeness (QED) is 0.643. The van der Waals surface area contributed by atoms with Crippen LogP contribution in [-0.2, 0) is 21.2 Å². The van der Waals surface area contributed by atoms with Crippen molar-refractivity contribution in [2.24, 2.45) is 0 Å². The van der Waals surface area contributed by atoms with E-state index in [4.69, 9.17) is 20.4 Å². The van der Waals surface area contributed by atoms with E-state index in [9.17, 15) is 8.42 Å². The number of morpholine rings is 1. The van der Waals surface area contributed by atoms with E-state index in [0.29, 0.717) is 38.8 Å². The maximum absolute atomic E-state index is 12.8. The van der Waals surface area contributed by atoms with Gasteiger partial charge in [0.2, 0.25) is 21.9 Å². The number of anilines is 3. The SMILES string of the molecule is C[C@H]1COCCN1c1nc(-c2cnc(N)nc2)c2c(n1)N([C@H]1CCN(S(=O)(=O)C3CC3)C1)CC2. The van der Waals surface area contributed by atoms with Crippen molar-refractivity contribution in [3.8, 4) is 11.3 Å². The van der Waals surface area contributed by atoms with Crippen molar-refractivity contribution in [1.82, 2.24) is 24.2 Å². The third kappa shape index (κ3) is 3.77. The van der Waals surface area contributed by atoms with Crippen molar-refractivity contribution in [3.63, 3.8) is 0 Å². The van der Waals surface area contributed by atoms with Crippen LogP contribution in [0.2, 0.25) is 0 Å². The molecule has 182 valence electrons. The van der Waals surface area contributed by atoms with Crippen LogP contribution in [0.25, 0.3) is 11.3 Å². The normalized spacial score (nSPS) is 25.7. The van der Waals surface area contributed by atoms with Gasteiger partial charge in [-0.05, 0) is 32.6 Å². The zero-order valence-electron chi connectivity index (χ0n) is 19.3. The third-order valence-corrected chi connectivity index (χ3v) is 9.66. The summed E-state index contributed by atoms with van der Waals surface area (Å²) >= 11 is 0. The van der Waals surface area contributed by atoms with Crippen molar-refractivity contribution in [3.05, 3.63) is 18.0 Å². The minimum atomic E-state index is -3.17. The number of rotatable bonds is 5. The van der Waals surface area contributed by atoms with Gasteiger partial charge in [-0.15, -0.1) is 0 Å².